The predicted molar refractivity (Wildman–Crippen MR) is 65.8 cm³/mol. The third kappa shape index (κ3) is 3.78. The van der Waals surface area contributed by atoms with Crippen LogP contribution in [0.2, 0.25) is 0 Å². The molecule has 0 aromatic heterocycles. The van der Waals surface area contributed by atoms with Gasteiger partial charge >= 0.3 is 5.97 Å². The van der Waals surface area contributed by atoms with Gasteiger partial charge in [-0.05, 0) is 24.1 Å². The van der Waals surface area contributed by atoms with E-state index in [4.69, 9.17) is 9.47 Å². The van der Waals surface area contributed by atoms with Gasteiger partial charge in [-0.15, -0.1) is 0 Å². The minimum Gasteiger partial charge on any atom is -0.468 e. The van der Waals surface area contributed by atoms with Gasteiger partial charge in [-0.2, -0.15) is 0 Å². The van der Waals surface area contributed by atoms with Crippen molar-refractivity contribution in [3.8, 4) is 0 Å². The lowest BCUT2D eigenvalue weighted by Gasteiger charge is -2.17. The SMILES string of the molecule is COCCNC(C(=O)OC)c1ccc(C)c(F)c1. The smallest absolute Gasteiger partial charge is 0.327 e. The van der Waals surface area contributed by atoms with Crippen LogP contribution in [0.3, 0.4) is 0 Å². The number of methoxy groups -OCH3 is 2. The van der Waals surface area contributed by atoms with Crippen molar-refractivity contribution in [2.24, 2.45) is 0 Å². The van der Waals surface area contributed by atoms with Crippen LogP contribution in [0.25, 0.3) is 0 Å². The largest absolute Gasteiger partial charge is 0.468 e. The highest BCUT2D eigenvalue weighted by molar-refractivity contribution is 5.77. The molecule has 0 aliphatic rings. The first-order valence-corrected chi connectivity index (χ1v) is 5.66. The van der Waals surface area contributed by atoms with Crippen LogP contribution in [0.5, 0.6) is 0 Å². The van der Waals surface area contributed by atoms with Crippen molar-refractivity contribution in [1.29, 1.82) is 0 Å². The Hall–Kier alpha value is -1.46. The standard InChI is InChI=1S/C13H18FNO3/c1-9-4-5-10(8-11(9)14)12(13(16)18-3)15-6-7-17-2/h4-5,8,12,15H,6-7H2,1-3H3. The van der Waals surface area contributed by atoms with Crippen LogP contribution in [-0.4, -0.2) is 33.3 Å². The summed E-state index contributed by atoms with van der Waals surface area (Å²) in [6.07, 6.45) is 0. The maximum atomic E-state index is 13.5. The molecule has 0 spiro atoms. The molecule has 1 aromatic rings. The van der Waals surface area contributed by atoms with Crippen LogP contribution in [0.15, 0.2) is 18.2 Å². The Morgan fingerprint density at radius 2 is 2.17 bits per heavy atom. The average Bonchev–Trinajstić information content (AvgIpc) is 2.37. The number of benzene rings is 1. The number of carbonyl (C=O) groups is 1. The van der Waals surface area contributed by atoms with Gasteiger partial charge in [0.05, 0.1) is 13.7 Å². The zero-order chi connectivity index (χ0) is 13.5. The Balaban J connectivity index is 2.87. The van der Waals surface area contributed by atoms with Crippen LogP contribution < -0.4 is 5.32 Å². The molecule has 0 saturated heterocycles. The van der Waals surface area contributed by atoms with Gasteiger partial charge in [0.1, 0.15) is 11.9 Å². The van der Waals surface area contributed by atoms with E-state index < -0.39 is 12.0 Å². The van der Waals surface area contributed by atoms with Crippen molar-refractivity contribution in [2.75, 3.05) is 27.4 Å². The normalized spacial score (nSPS) is 12.2. The summed E-state index contributed by atoms with van der Waals surface area (Å²) in [6.45, 7) is 2.61. The summed E-state index contributed by atoms with van der Waals surface area (Å²) in [7, 11) is 2.87. The van der Waals surface area contributed by atoms with E-state index >= 15 is 0 Å². The highest BCUT2D eigenvalue weighted by Gasteiger charge is 2.21. The summed E-state index contributed by atoms with van der Waals surface area (Å²) >= 11 is 0. The molecule has 0 aliphatic carbocycles. The van der Waals surface area contributed by atoms with Crippen molar-refractivity contribution in [2.45, 2.75) is 13.0 Å². The zero-order valence-electron chi connectivity index (χ0n) is 10.8. The van der Waals surface area contributed by atoms with Gasteiger partial charge < -0.3 is 9.47 Å². The highest BCUT2D eigenvalue weighted by Crippen LogP contribution is 2.17. The summed E-state index contributed by atoms with van der Waals surface area (Å²) in [6, 6.07) is 4.01. The molecule has 18 heavy (non-hydrogen) atoms. The number of aryl methyl sites for hydroxylation is 1. The van der Waals surface area contributed by atoms with E-state index in [0.717, 1.165) is 0 Å². The highest BCUT2D eigenvalue weighted by atomic mass is 19.1. The van der Waals surface area contributed by atoms with E-state index in [2.05, 4.69) is 5.32 Å². The van der Waals surface area contributed by atoms with Gasteiger partial charge in [-0.3, -0.25) is 5.32 Å². The monoisotopic (exact) mass is 255 g/mol. The van der Waals surface area contributed by atoms with E-state index in [9.17, 15) is 9.18 Å². The lowest BCUT2D eigenvalue weighted by Crippen LogP contribution is -2.32. The van der Waals surface area contributed by atoms with Gasteiger partial charge in [-0.1, -0.05) is 12.1 Å². The molecule has 1 rings (SSSR count). The van der Waals surface area contributed by atoms with E-state index in [0.29, 0.717) is 24.3 Å². The Bertz CT molecular complexity index is 409. The van der Waals surface area contributed by atoms with Gasteiger partial charge in [0, 0.05) is 13.7 Å². The molecule has 1 N–H and O–H groups in total. The number of hydrogen-bond donors (Lipinski definition) is 1. The molecular weight excluding hydrogens is 237 g/mol. The molecule has 1 unspecified atom stereocenters. The molecule has 0 saturated carbocycles. The molecule has 0 radical (unpaired) electrons. The summed E-state index contributed by atoms with van der Waals surface area (Å²) in [5.74, 6) is -0.788. The van der Waals surface area contributed by atoms with Crippen molar-refractivity contribution >= 4 is 5.97 Å². The number of nitrogens with one attached hydrogen (secondary N) is 1. The van der Waals surface area contributed by atoms with Crippen molar-refractivity contribution in [1.82, 2.24) is 5.32 Å². The quantitative estimate of drug-likeness (QED) is 0.619. The van der Waals surface area contributed by atoms with E-state index in [1.165, 1.54) is 13.2 Å². The number of carbonyl (C=O) groups excluding carboxylic acids is 1. The molecule has 0 heterocycles. The van der Waals surface area contributed by atoms with Crippen molar-refractivity contribution in [3.05, 3.63) is 35.1 Å². The van der Waals surface area contributed by atoms with Gasteiger partial charge in [0.15, 0.2) is 0 Å². The summed E-state index contributed by atoms with van der Waals surface area (Å²) < 4.78 is 23.1. The molecule has 1 atom stereocenters. The number of ether oxygens (including phenoxy) is 2. The molecule has 5 heteroatoms. The maximum Gasteiger partial charge on any atom is 0.327 e. The second kappa shape index (κ2) is 7.08. The molecule has 0 aliphatic heterocycles. The third-order valence-corrected chi connectivity index (χ3v) is 2.62. The maximum absolute atomic E-state index is 13.5. The lowest BCUT2D eigenvalue weighted by atomic mass is 10.0. The molecular formula is C13H18FNO3. The lowest BCUT2D eigenvalue weighted by molar-refractivity contribution is -0.143. The van der Waals surface area contributed by atoms with Crippen LogP contribution in [0.4, 0.5) is 4.39 Å². The first-order valence-electron chi connectivity index (χ1n) is 5.66. The van der Waals surface area contributed by atoms with Crippen molar-refractivity contribution < 1.29 is 18.7 Å². The summed E-state index contributed by atoms with van der Waals surface area (Å²) in [5, 5.41) is 2.97. The first-order chi connectivity index (χ1) is 8.60. The molecule has 0 amide bonds. The topological polar surface area (TPSA) is 47.6 Å². The van der Waals surface area contributed by atoms with Gasteiger partial charge in [-0.25, -0.2) is 9.18 Å². The molecule has 100 valence electrons. The molecule has 0 bridgehead atoms. The Morgan fingerprint density at radius 3 is 2.72 bits per heavy atom. The zero-order valence-corrected chi connectivity index (χ0v) is 10.8. The van der Waals surface area contributed by atoms with Crippen LogP contribution in [-0.2, 0) is 14.3 Å². The summed E-state index contributed by atoms with van der Waals surface area (Å²) in [5.41, 5.74) is 1.08. The second-order valence-electron chi connectivity index (χ2n) is 3.91. The average molecular weight is 255 g/mol. The predicted octanol–water partition coefficient (Wildman–Crippen LogP) is 1.58. The van der Waals surface area contributed by atoms with Crippen LogP contribution in [0, 0.1) is 12.7 Å². The fourth-order valence-corrected chi connectivity index (χ4v) is 1.55. The van der Waals surface area contributed by atoms with E-state index in [1.807, 2.05) is 0 Å². The van der Waals surface area contributed by atoms with Crippen molar-refractivity contribution in [3.63, 3.8) is 0 Å². The number of hydrogen-bond acceptors (Lipinski definition) is 4. The Kier molecular flexibility index (Phi) is 5.74. The molecule has 1 aromatic carbocycles. The van der Waals surface area contributed by atoms with E-state index in [1.54, 1.807) is 26.2 Å². The summed E-state index contributed by atoms with van der Waals surface area (Å²) in [4.78, 5) is 11.7. The first kappa shape index (κ1) is 14.6. The minimum absolute atomic E-state index is 0.338. The third-order valence-electron chi connectivity index (χ3n) is 2.62. The minimum atomic E-state index is -0.680. The second-order valence-corrected chi connectivity index (χ2v) is 3.91. The number of halogens is 1. The number of esters is 1. The van der Waals surface area contributed by atoms with Gasteiger partial charge in [0.25, 0.3) is 0 Å². The van der Waals surface area contributed by atoms with Crippen LogP contribution in [0.1, 0.15) is 17.2 Å². The van der Waals surface area contributed by atoms with Crippen LogP contribution >= 0.6 is 0 Å². The Morgan fingerprint density at radius 1 is 1.44 bits per heavy atom. The van der Waals surface area contributed by atoms with E-state index in [-0.39, 0.29) is 5.82 Å². The number of rotatable bonds is 6. The Labute approximate surface area is 106 Å². The molecule has 0 fully saturated rings. The fourth-order valence-electron chi connectivity index (χ4n) is 1.55. The van der Waals surface area contributed by atoms with Gasteiger partial charge in [0.2, 0.25) is 0 Å². The molecule has 4 nitrogen and oxygen atoms in total. The fraction of sp³-hybridized carbons (Fsp3) is 0.462.